The fraction of sp³-hybridized carbons (Fsp3) is 0.261. The zero-order chi connectivity index (χ0) is 20.9. The highest BCUT2D eigenvalue weighted by Crippen LogP contribution is 2.21. The number of nitrogens with zero attached hydrogens (tertiary/aromatic N) is 2. The van der Waals surface area contributed by atoms with Gasteiger partial charge in [-0.15, -0.1) is 0 Å². The second-order valence-corrected chi connectivity index (χ2v) is 7.37. The van der Waals surface area contributed by atoms with Crippen LogP contribution in [0.1, 0.15) is 33.7 Å². The molecule has 7 heteroatoms. The van der Waals surface area contributed by atoms with Gasteiger partial charge in [0, 0.05) is 31.3 Å². The summed E-state index contributed by atoms with van der Waals surface area (Å²) >= 11 is 0. The van der Waals surface area contributed by atoms with Crippen LogP contribution in [0.25, 0.3) is 11.3 Å². The average molecular weight is 407 g/mol. The predicted octanol–water partition coefficient (Wildman–Crippen LogP) is 3.76. The number of nitrogens with one attached hydrogen (secondary N) is 1. The second-order valence-electron chi connectivity index (χ2n) is 7.37. The zero-order valence-electron chi connectivity index (χ0n) is 16.4. The average Bonchev–Trinajstić information content (AvgIpc) is 3.29. The van der Waals surface area contributed by atoms with Gasteiger partial charge in [-0.25, -0.2) is 4.39 Å². The van der Waals surface area contributed by atoms with E-state index in [2.05, 4.69) is 10.5 Å². The second kappa shape index (κ2) is 8.90. The van der Waals surface area contributed by atoms with Crippen molar-refractivity contribution in [2.45, 2.75) is 12.8 Å². The van der Waals surface area contributed by atoms with E-state index in [-0.39, 0.29) is 29.0 Å². The van der Waals surface area contributed by atoms with Crippen molar-refractivity contribution in [3.05, 3.63) is 77.7 Å². The fourth-order valence-electron chi connectivity index (χ4n) is 3.59. The molecule has 1 N–H and O–H groups in total. The van der Waals surface area contributed by atoms with Crippen LogP contribution in [0.4, 0.5) is 4.39 Å². The molecule has 1 fully saturated rings. The number of halogens is 1. The molecule has 2 amide bonds. The Morgan fingerprint density at radius 1 is 1.07 bits per heavy atom. The molecule has 0 atom stereocenters. The molecule has 6 nitrogen and oxygen atoms in total. The van der Waals surface area contributed by atoms with Gasteiger partial charge in [0.2, 0.25) is 0 Å². The normalized spacial score (nSPS) is 14.5. The molecule has 30 heavy (non-hydrogen) atoms. The zero-order valence-corrected chi connectivity index (χ0v) is 16.4. The summed E-state index contributed by atoms with van der Waals surface area (Å²) in [5, 5.41) is 6.75. The van der Waals surface area contributed by atoms with Gasteiger partial charge in [0.25, 0.3) is 11.8 Å². The van der Waals surface area contributed by atoms with Gasteiger partial charge in [0.05, 0.1) is 5.56 Å². The van der Waals surface area contributed by atoms with E-state index in [1.54, 1.807) is 23.1 Å². The van der Waals surface area contributed by atoms with Crippen molar-refractivity contribution >= 4 is 11.8 Å². The highest BCUT2D eigenvalue weighted by atomic mass is 19.1. The molecule has 1 aromatic heterocycles. The third-order valence-corrected chi connectivity index (χ3v) is 5.36. The standard InChI is InChI=1S/C23H22FN3O3/c24-19-9-5-4-8-18(19)23(29)27-12-10-16(11-13-27)15-25-22(28)20-14-21(30-26-20)17-6-2-1-3-7-17/h1-9,14,16H,10-13,15H2,(H,25,28). The van der Waals surface area contributed by atoms with Gasteiger partial charge in [-0.2, -0.15) is 0 Å². The lowest BCUT2D eigenvalue weighted by Gasteiger charge is -2.32. The molecule has 0 aliphatic carbocycles. The van der Waals surface area contributed by atoms with Crippen LogP contribution in [-0.4, -0.2) is 41.5 Å². The highest BCUT2D eigenvalue weighted by Gasteiger charge is 2.25. The Morgan fingerprint density at radius 2 is 1.77 bits per heavy atom. The van der Waals surface area contributed by atoms with Crippen molar-refractivity contribution in [2.24, 2.45) is 5.92 Å². The van der Waals surface area contributed by atoms with Gasteiger partial charge < -0.3 is 14.7 Å². The Kier molecular flexibility index (Phi) is 5.88. The van der Waals surface area contributed by atoms with E-state index in [0.717, 1.165) is 18.4 Å². The first-order valence-electron chi connectivity index (χ1n) is 9.96. The number of piperidine rings is 1. The highest BCUT2D eigenvalue weighted by molar-refractivity contribution is 5.94. The van der Waals surface area contributed by atoms with E-state index in [1.807, 2.05) is 30.3 Å². The van der Waals surface area contributed by atoms with E-state index in [0.29, 0.717) is 25.4 Å². The first-order chi connectivity index (χ1) is 14.6. The minimum atomic E-state index is -0.501. The Balaban J connectivity index is 1.27. The Labute approximate surface area is 173 Å². The van der Waals surface area contributed by atoms with Crippen LogP contribution in [0.15, 0.2) is 65.2 Å². The molecule has 3 aromatic rings. The van der Waals surface area contributed by atoms with Crippen molar-refractivity contribution < 1.29 is 18.5 Å². The predicted molar refractivity (Wildman–Crippen MR) is 109 cm³/mol. The largest absolute Gasteiger partial charge is 0.355 e. The van der Waals surface area contributed by atoms with E-state index in [9.17, 15) is 14.0 Å². The summed E-state index contributed by atoms with van der Waals surface area (Å²) in [5.41, 5.74) is 1.20. The molecule has 2 aromatic carbocycles. The molecule has 154 valence electrons. The molecular formula is C23H22FN3O3. The Bertz CT molecular complexity index is 1030. The van der Waals surface area contributed by atoms with Gasteiger partial charge in [0.15, 0.2) is 11.5 Å². The minimum absolute atomic E-state index is 0.101. The molecule has 0 saturated carbocycles. The van der Waals surface area contributed by atoms with Gasteiger partial charge >= 0.3 is 0 Å². The number of rotatable bonds is 5. The van der Waals surface area contributed by atoms with Crippen LogP contribution < -0.4 is 5.32 Å². The number of hydrogen-bond acceptors (Lipinski definition) is 4. The topological polar surface area (TPSA) is 75.4 Å². The molecule has 0 bridgehead atoms. The monoisotopic (exact) mass is 407 g/mol. The fourth-order valence-corrected chi connectivity index (χ4v) is 3.59. The summed E-state index contributed by atoms with van der Waals surface area (Å²) in [4.78, 5) is 26.5. The Hall–Kier alpha value is -3.48. The summed E-state index contributed by atoms with van der Waals surface area (Å²) < 4.78 is 19.1. The lowest BCUT2D eigenvalue weighted by molar-refractivity contribution is 0.0679. The Morgan fingerprint density at radius 3 is 2.50 bits per heavy atom. The van der Waals surface area contributed by atoms with Gasteiger partial charge in [-0.3, -0.25) is 9.59 Å². The molecule has 1 aliphatic heterocycles. The van der Waals surface area contributed by atoms with Gasteiger partial charge in [0.1, 0.15) is 5.82 Å². The van der Waals surface area contributed by atoms with Crippen LogP contribution in [0.2, 0.25) is 0 Å². The van der Waals surface area contributed by atoms with Crippen molar-refractivity contribution in [3.8, 4) is 11.3 Å². The van der Waals surface area contributed by atoms with Gasteiger partial charge in [-0.1, -0.05) is 47.6 Å². The van der Waals surface area contributed by atoms with Crippen molar-refractivity contribution in [3.63, 3.8) is 0 Å². The smallest absolute Gasteiger partial charge is 0.273 e. The van der Waals surface area contributed by atoms with E-state index >= 15 is 0 Å². The number of benzene rings is 2. The molecule has 4 rings (SSSR count). The third-order valence-electron chi connectivity index (χ3n) is 5.36. The van der Waals surface area contributed by atoms with E-state index in [4.69, 9.17) is 4.52 Å². The molecular weight excluding hydrogens is 385 g/mol. The maximum absolute atomic E-state index is 13.8. The number of aromatic nitrogens is 1. The van der Waals surface area contributed by atoms with Crippen molar-refractivity contribution in [1.82, 2.24) is 15.4 Å². The van der Waals surface area contributed by atoms with Crippen LogP contribution in [0, 0.1) is 11.7 Å². The van der Waals surface area contributed by atoms with Crippen LogP contribution >= 0.6 is 0 Å². The lowest BCUT2D eigenvalue weighted by Crippen LogP contribution is -2.41. The van der Waals surface area contributed by atoms with Crippen LogP contribution in [0.5, 0.6) is 0 Å². The SMILES string of the molecule is O=C(NCC1CCN(C(=O)c2ccccc2F)CC1)c1cc(-c2ccccc2)on1. The summed E-state index contributed by atoms with van der Waals surface area (Å²) in [6, 6.07) is 17.1. The molecule has 2 heterocycles. The van der Waals surface area contributed by atoms with Crippen LogP contribution in [0.3, 0.4) is 0 Å². The third kappa shape index (κ3) is 4.40. The number of likely N-dealkylation sites (tertiary alicyclic amines) is 1. The number of amides is 2. The molecule has 1 saturated heterocycles. The van der Waals surface area contributed by atoms with E-state index in [1.165, 1.54) is 12.1 Å². The first-order valence-corrected chi connectivity index (χ1v) is 9.96. The maximum Gasteiger partial charge on any atom is 0.273 e. The number of hydrogen-bond donors (Lipinski definition) is 1. The van der Waals surface area contributed by atoms with Crippen molar-refractivity contribution in [1.29, 1.82) is 0 Å². The number of carbonyl (C=O) groups excluding carboxylic acids is 2. The molecule has 1 aliphatic rings. The van der Waals surface area contributed by atoms with Crippen LogP contribution in [-0.2, 0) is 0 Å². The summed E-state index contributed by atoms with van der Waals surface area (Å²) in [7, 11) is 0. The van der Waals surface area contributed by atoms with Gasteiger partial charge in [-0.05, 0) is 30.9 Å². The summed E-state index contributed by atoms with van der Waals surface area (Å²) in [5.74, 6) is -0.281. The molecule has 0 radical (unpaired) electrons. The summed E-state index contributed by atoms with van der Waals surface area (Å²) in [6.07, 6.45) is 1.49. The molecule has 0 spiro atoms. The first kappa shape index (κ1) is 19.8. The summed E-state index contributed by atoms with van der Waals surface area (Å²) in [6.45, 7) is 1.57. The number of carbonyl (C=O) groups is 2. The minimum Gasteiger partial charge on any atom is -0.355 e. The van der Waals surface area contributed by atoms with E-state index < -0.39 is 5.82 Å². The molecule has 0 unspecified atom stereocenters. The maximum atomic E-state index is 13.8. The van der Waals surface area contributed by atoms with Crippen molar-refractivity contribution in [2.75, 3.05) is 19.6 Å². The quantitative estimate of drug-likeness (QED) is 0.699. The lowest BCUT2D eigenvalue weighted by atomic mass is 9.96.